The number of nitrogens with zero attached hydrogens (tertiary/aromatic N) is 1. The molecule has 1 atom stereocenters. The SMILES string of the molecule is Cc1ccc(CCC(=O)N(Cc2ccc(Cl)cc2Cl)[C@@H](Cc2ccccc2)C(=O)NC(C)C)cc1. The predicted molar refractivity (Wildman–Crippen MR) is 144 cm³/mol. The van der Waals surface area contributed by atoms with E-state index in [9.17, 15) is 9.59 Å². The van der Waals surface area contributed by atoms with E-state index < -0.39 is 6.04 Å². The van der Waals surface area contributed by atoms with Crippen LogP contribution < -0.4 is 5.32 Å². The molecule has 0 heterocycles. The van der Waals surface area contributed by atoms with E-state index in [-0.39, 0.29) is 30.8 Å². The number of nitrogens with one attached hydrogen (secondary N) is 1. The lowest BCUT2D eigenvalue weighted by atomic mass is 10.0. The van der Waals surface area contributed by atoms with Crippen LogP contribution >= 0.6 is 23.2 Å². The van der Waals surface area contributed by atoms with E-state index in [4.69, 9.17) is 23.2 Å². The van der Waals surface area contributed by atoms with Gasteiger partial charge in [-0.3, -0.25) is 9.59 Å². The molecular formula is C29H32Cl2N2O2. The van der Waals surface area contributed by atoms with Gasteiger partial charge in [0.2, 0.25) is 11.8 Å². The van der Waals surface area contributed by atoms with E-state index in [0.717, 1.165) is 16.7 Å². The molecule has 2 amide bonds. The van der Waals surface area contributed by atoms with Gasteiger partial charge in [-0.15, -0.1) is 0 Å². The monoisotopic (exact) mass is 510 g/mol. The summed E-state index contributed by atoms with van der Waals surface area (Å²) in [5.41, 5.74) is 3.98. The molecule has 4 nitrogen and oxygen atoms in total. The third-order valence-electron chi connectivity index (χ3n) is 5.81. The zero-order valence-corrected chi connectivity index (χ0v) is 21.9. The quantitative estimate of drug-likeness (QED) is 0.343. The predicted octanol–water partition coefficient (Wildman–Crippen LogP) is 6.40. The van der Waals surface area contributed by atoms with Crippen LogP contribution in [-0.2, 0) is 29.0 Å². The van der Waals surface area contributed by atoms with E-state index in [1.54, 1.807) is 17.0 Å². The van der Waals surface area contributed by atoms with Crippen molar-refractivity contribution in [3.05, 3.63) is 105 Å². The molecule has 1 N–H and O–H groups in total. The maximum absolute atomic E-state index is 13.7. The van der Waals surface area contributed by atoms with Crippen LogP contribution in [0.25, 0.3) is 0 Å². The molecule has 0 aliphatic carbocycles. The van der Waals surface area contributed by atoms with Gasteiger partial charge in [-0.05, 0) is 56.0 Å². The van der Waals surface area contributed by atoms with Gasteiger partial charge >= 0.3 is 0 Å². The summed E-state index contributed by atoms with van der Waals surface area (Å²) in [7, 11) is 0. The van der Waals surface area contributed by atoms with Crippen LogP contribution in [0.15, 0.2) is 72.8 Å². The van der Waals surface area contributed by atoms with Gasteiger partial charge in [0.05, 0.1) is 0 Å². The van der Waals surface area contributed by atoms with Crippen LogP contribution in [0.3, 0.4) is 0 Å². The molecule has 0 aliphatic rings. The van der Waals surface area contributed by atoms with Crippen LogP contribution in [0, 0.1) is 6.92 Å². The standard InChI is InChI=1S/C29H32Cl2N2O2/c1-20(2)32-29(35)27(17-23-7-5-4-6-8-23)33(19-24-14-15-25(30)18-26(24)31)28(34)16-13-22-11-9-21(3)10-12-22/h4-12,14-15,18,20,27H,13,16-17,19H2,1-3H3,(H,32,35)/t27-/m0/s1. The summed E-state index contributed by atoms with van der Waals surface area (Å²) in [4.78, 5) is 28.7. The number of amides is 2. The minimum absolute atomic E-state index is 0.0515. The fourth-order valence-corrected chi connectivity index (χ4v) is 4.39. The molecule has 0 aliphatic heterocycles. The topological polar surface area (TPSA) is 49.4 Å². The lowest BCUT2D eigenvalue weighted by molar-refractivity contribution is -0.141. The Labute approximate surface area is 218 Å². The van der Waals surface area contributed by atoms with Gasteiger partial charge in [-0.2, -0.15) is 0 Å². The first-order valence-electron chi connectivity index (χ1n) is 11.9. The molecule has 0 fully saturated rings. The van der Waals surface area contributed by atoms with Crippen LogP contribution in [0.1, 0.15) is 42.5 Å². The van der Waals surface area contributed by atoms with E-state index >= 15 is 0 Å². The van der Waals surface area contributed by atoms with Crippen molar-refractivity contribution in [2.24, 2.45) is 0 Å². The molecule has 0 unspecified atom stereocenters. The van der Waals surface area contributed by atoms with Crippen molar-refractivity contribution >= 4 is 35.0 Å². The van der Waals surface area contributed by atoms with Crippen molar-refractivity contribution in [3.8, 4) is 0 Å². The maximum atomic E-state index is 13.7. The van der Waals surface area contributed by atoms with Gasteiger partial charge in [0, 0.05) is 35.5 Å². The van der Waals surface area contributed by atoms with Gasteiger partial charge in [0.1, 0.15) is 6.04 Å². The van der Waals surface area contributed by atoms with Crippen LogP contribution in [-0.4, -0.2) is 28.8 Å². The number of carbonyl (C=O) groups is 2. The molecule has 3 rings (SSSR count). The first kappa shape index (κ1) is 26.8. The van der Waals surface area contributed by atoms with Crippen molar-refractivity contribution in [3.63, 3.8) is 0 Å². The molecule has 0 spiro atoms. The van der Waals surface area contributed by atoms with E-state index in [0.29, 0.717) is 22.9 Å². The van der Waals surface area contributed by atoms with Gasteiger partial charge in [0.25, 0.3) is 0 Å². The first-order chi connectivity index (χ1) is 16.7. The summed E-state index contributed by atoms with van der Waals surface area (Å²) < 4.78 is 0. The van der Waals surface area contributed by atoms with Gasteiger partial charge in [-0.25, -0.2) is 0 Å². The summed E-state index contributed by atoms with van der Waals surface area (Å²) in [5.74, 6) is -0.283. The highest BCUT2D eigenvalue weighted by Crippen LogP contribution is 2.25. The lowest BCUT2D eigenvalue weighted by Crippen LogP contribution is -2.51. The number of hydrogen-bond donors (Lipinski definition) is 1. The lowest BCUT2D eigenvalue weighted by Gasteiger charge is -2.32. The first-order valence-corrected chi connectivity index (χ1v) is 12.6. The molecule has 35 heavy (non-hydrogen) atoms. The molecular weight excluding hydrogens is 479 g/mol. The summed E-state index contributed by atoms with van der Waals surface area (Å²) in [5, 5.41) is 3.99. The Morgan fingerprint density at radius 1 is 0.914 bits per heavy atom. The van der Waals surface area contributed by atoms with Gasteiger partial charge in [0.15, 0.2) is 0 Å². The fraction of sp³-hybridized carbons (Fsp3) is 0.310. The third-order valence-corrected chi connectivity index (χ3v) is 6.39. The Kier molecular flexibility index (Phi) is 9.76. The number of benzene rings is 3. The molecule has 0 aromatic heterocycles. The zero-order valence-electron chi connectivity index (χ0n) is 20.4. The van der Waals surface area contributed by atoms with Crippen LogP contribution in [0.4, 0.5) is 0 Å². The van der Waals surface area contributed by atoms with Crippen molar-refractivity contribution in [2.45, 2.75) is 58.7 Å². The maximum Gasteiger partial charge on any atom is 0.243 e. The summed E-state index contributed by atoms with van der Waals surface area (Å²) in [6.45, 7) is 6.08. The molecule has 0 radical (unpaired) electrons. The number of aryl methyl sites for hydroxylation is 2. The molecule has 0 saturated heterocycles. The molecule has 3 aromatic carbocycles. The molecule has 6 heteroatoms. The minimum Gasteiger partial charge on any atom is -0.352 e. The van der Waals surface area contributed by atoms with E-state index in [2.05, 4.69) is 5.32 Å². The normalized spacial score (nSPS) is 11.8. The van der Waals surface area contributed by atoms with Crippen LogP contribution in [0.2, 0.25) is 10.0 Å². The van der Waals surface area contributed by atoms with Gasteiger partial charge in [-0.1, -0.05) is 89.4 Å². The Morgan fingerprint density at radius 2 is 1.60 bits per heavy atom. The summed E-state index contributed by atoms with van der Waals surface area (Å²) in [6, 6.07) is 22.4. The highest BCUT2D eigenvalue weighted by Gasteiger charge is 2.31. The Morgan fingerprint density at radius 3 is 2.23 bits per heavy atom. The fourth-order valence-electron chi connectivity index (χ4n) is 3.92. The van der Waals surface area contributed by atoms with E-state index in [1.165, 1.54) is 5.56 Å². The highest BCUT2D eigenvalue weighted by atomic mass is 35.5. The number of carbonyl (C=O) groups excluding carboxylic acids is 2. The summed E-state index contributed by atoms with van der Waals surface area (Å²) in [6.07, 6.45) is 1.28. The molecule has 0 bridgehead atoms. The second-order valence-corrected chi connectivity index (χ2v) is 9.96. The average Bonchev–Trinajstić information content (AvgIpc) is 2.82. The molecule has 184 valence electrons. The average molecular weight is 511 g/mol. The highest BCUT2D eigenvalue weighted by molar-refractivity contribution is 6.35. The van der Waals surface area contributed by atoms with Crippen molar-refractivity contribution in [1.29, 1.82) is 0 Å². The van der Waals surface area contributed by atoms with Crippen molar-refractivity contribution < 1.29 is 9.59 Å². The molecule has 0 saturated carbocycles. The summed E-state index contributed by atoms with van der Waals surface area (Å²) >= 11 is 12.6. The zero-order chi connectivity index (χ0) is 25.4. The Balaban J connectivity index is 1.93. The van der Waals surface area contributed by atoms with Crippen LogP contribution in [0.5, 0.6) is 0 Å². The van der Waals surface area contributed by atoms with Crippen molar-refractivity contribution in [1.82, 2.24) is 10.2 Å². The van der Waals surface area contributed by atoms with Crippen molar-refractivity contribution in [2.75, 3.05) is 0 Å². The van der Waals surface area contributed by atoms with Gasteiger partial charge < -0.3 is 10.2 Å². The largest absolute Gasteiger partial charge is 0.352 e. The second kappa shape index (κ2) is 12.8. The molecule has 3 aromatic rings. The number of hydrogen-bond acceptors (Lipinski definition) is 2. The Hall–Kier alpha value is -2.82. The number of rotatable bonds is 10. The second-order valence-electron chi connectivity index (χ2n) is 9.11. The smallest absolute Gasteiger partial charge is 0.243 e. The number of halogens is 2. The minimum atomic E-state index is -0.683. The van der Waals surface area contributed by atoms with E-state index in [1.807, 2.05) is 81.4 Å². The Bertz CT molecular complexity index is 1130. The third kappa shape index (κ3) is 8.12.